The Labute approximate surface area is 153 Å². The van der Waals surface area contributed by atoms with Crippen LogP contribution in [0.1, 0.15) is 27.0 Å². The summed E-state index contributed by atoms with van der Waals surface area (Å²) >= 11 is 0. The van der Waals surface area contributed by atoms with Crippen LogP contribution in [0.3, 0.4) is 0 Å². The van der Waals surface area contributed by atoms with E-state index >= 15 is 0 Å². The molecule has 3 nitrogen and oxygen atoms in total. The fraction of sp³-hybridized carbons (Fsp3) is 0.0870. The van der Waals surface area contributed by atoms with Crippen molar-refractivity contribution in [1.29, 1.82) is 0 Å². The maximum atomic E-state index is 11.6. The molecule has 0 aliphatic heterocycles. The van der Waals surface area contributed by atoms with Crippen LogP contribution in [0.15, 0.2) is 79.4 Å². The van der Waals surface area contributed by atoms with E-state index in [4.69, 9.17) is 9.47 Å². The van der Waals surface area contributed by atoms with E-state index in [1.807, 2.05) is 67.6 Å². The van der Waals surface area contributed by atoms with Crippen molar-refractivity contribution in [2.75, 3.05) is 7.11 Å². The lowest BCUT2D eigenvalue weighted by Gasteiger charge is -2.15. The molecule has 0 aliphatic rings. The summed E-state index contributed by atoms with van der Waals surface area (Å²) in [5, 5.41) is 0. The number of aryl methyl sites for hydroxylation is 1. The predicted molar refractivity (Wildman–Crippen MR) is 104 cm³/mol. The molecule has 3 aromatic rings. The molecular weight excluding hydrogens is 324 g/mol. The number of para-hydroxylation sites is 2. The Morgan fingerprint density at radius 3 is 2.04 bits per heavy atom. The highest BCUT2D eigenvalue weighted by molar-refractivity contribution is 5.90. The fourth-order valence-corrected chi connectivity index (χ4v) is 2.68. The molecule has 0 N–H and O–H groups in total. The van der Waals surface area contributed by atoms with Crippen molar-refractivity contribution >= 4 is 11.5 Å². The Bertz CT molecular complexity index is 940. The molecule has 0 radical (unpaired) electrons. The molecule has 3 rings (SSSR count). The van der Waals surface area contributed by atoms with Gasteiger partial charge in [-0.05, 0) is 47.9 Å². The number of methoxy groups -OCH3 is 1. The summed E-state index contributed by atoms with van der Waals surface area (Å²) in [6.07, 6.45) is 0. The van der Waals surface area contributed by atoms with Gasteiger partial charge in [0, 0.05) is 5.56 Å². The zero-order chi connectivity index (χ0) is 18.5. The number of carbonyl (C=O) groups is 1. The highest BCUT2D eigenvalue weighted by Gasteiger charge is 2.12. The van der Waals surface area contributed by atoms with Crippen molar-refractivity contribution < 1.29 is 14.3 Å². The zero-order valence-corrected chi connectivity index (χ0v) is 14.9. The predicted octanol–water partition coefficient (Wildman–Crippen LogP) is 5.64. The van der Waals surface area contributed by atoms with Crippen LogP contribution in [0.5, 0.6) is 11.5 Å². The topological polar surface area (TPSA) is 35.5 Å². The third-order valence-corrected chi connectivity index (χ3v) is 4.18. The smallest absolute Gasteiger partial charge is 0.337 e. The van der Waals surface area contributed by atoms with Crippen LogP contribution < -0.4 is 4.74 Å². The summed E-state index contributed by atoms with van der Waals surface area (Å²) < 4.78 is 10.9. The van der Waals surface area contributed by atoms with Gasteiger partial charge in [0.2, 0.25) is 0 Å². The Morgan fingerprint density at radius 1 is 0.808 bits per heavy atom. The Kier molecular flexibility index (Phi) is 5.18. The van der Waals surface area contributed by atoms with E-state index < -0.39 is 0 Å². The first-order chi connectivity index (χ1) is 12.6. The molecule has 0 unspecified atom stereocenters. The summed E-state index contributed by atoms with van der Waals surface area (Å²) in [5.41, 5.74) is 4.22. The van der Waals surface area contributed by atoms with Crippen LogP contribution in [-0.2, 0) is 4.74 Å². The highest BCUT2D eigenvalue weighted by atomic mass is 16.5. The minimum atomic E-state index is -0.356. The highest BCUT2D eigenvalue weighted by Crippen LogP contribution is 2.33. The number of benzene rings is 3. The van der Waals surface area contributed by atoms with Crippen LogP contribution in [-0.4, -0.2) is 13.1 Å². The van der Waals surface area contributed by atoms with Gasteiger partial charge in [-0.15, -0.1) is 0 Å². The van der Waals surface area contributed by atoms with Gasteiger partial charge < -0.3 is 9.47 Å². The lowest BCUT2D eigenvalue weighted by Crippen LogP contribution is -2.01. The lowest BCUT2D eigenvalue weighted by atomic mass is 9.98. The van der Waals surface area contributed by atoms with Crippen LogP contribution >= 0.6 is 0 Å². The number of hydrogen-bond acceptors (Lipinski definition) is 3. The number of hydrogen-bond donors (Lipinski definition) is 0. The summed E-state index contributed by atoms with van der Waals surface area (Å²) in [6, 6.07) is 22.9. The monoisotopic (exact) mass is 344 g/mol. The van der Waals surface area contributed by atoms with Gasteiger partial charge in [0.25, 0.3) is 0 Å². The number of carbonyl (C=O) groups excluding carboxylic acids is 1. The van der Waals surface area contributed by atoms with Crippen molar-refractivity contribution in [2.24, 2.45) is 0 Å². The number of ether oxygens (including phenoxy) is 2. The van der Waals surface area contributed by atoms with Gasteiger partial charge in [0.05, 0.1) is 12.7 Å². The summed E-state index contributed by atoms with van der Waals surface area (Å²) in [4.78, 5) is 11.6. The molecule has 0 heterocycles. The average molecular weight is 344 g/mol. The molecule has 130 valence electrons. The van der Waals surface area contributed by atoms with Gasteiger partial charge in [-0.25, -0.2) is 4.79 Å². The van der Waals surface area contributed by atoms with Gasteiger partial charge in [0.1, 0.15) is 11.5 Å². The average Bonchev–Trinajstić information content (AvgIpc) is 2.69. The second-order valence-electron chi connectivity index (χ2n) is 5.91. The zero-order valence-electron chi connectivity index (χ0n) is 14.9. The van der Waals surface area contributed by atoms with E-state index in [2.05, 4.69) is 6.58 Å². The number of rotatable bonds is 5. The normalized spacial score (nSPS) is 10.2. The van der Waals surface area contributed by atoms with E-state index in [-0.39, 0.29) is 5.97 Å². The SMILES string of the molecule is C=C(c1ccc(C(=O)OC)cc1)c1ccccc1Oc1ccccc1C. The molecule has 0 saturated heterocycles. The number of esters is 1. The molecule has 3 heteroatoms. The Hall–Kier alpha value is -3.33. The quantitative estimate of drug-likeness (QED) is 0.562. The molecule has 3 aromatic carbocycles. The van der Waals surface area contributed by atoms with Gasteiger partial charge in [-0.1, -0.05) is 55.1 Å². The first-order valence-electron chi connectivity index (χ1n) is 8.30. The van der Waals surface area contributed by atoms with E-state index in [1.54, 1.807) is 12.1 Å². The fourth-order valence-electron chi connectivity index (χ4n) is 2.68. The molecule has 0 spiro atoms. The van der Waals surface area contributed by atoms with Crippen LogP contribution in [0.4, 0.5) is 0 Å². The first kappa shape index (κ1) is 17.5. The van der Waals surface area contributed by atoms with E-state index in [0.29, 0.717) is 5.56 Å². The third kappa shape index (κ3) is 3.67. The molecule has 0 saturated carbocycles. The molecule has 26 heavy (non-hydrogen) atoms. The van der Waals surface area contributed by atoms with Crippen molar-refractivity contribution in [3.63, 3.8) is 0 Å². The molecule has 0 bridgehead atoms. The second-order valence-corrected chi connectivity index (χ2v) is 5.91. The maximum absolute atomic E-state index is 11.6. The third-order valence-electron chi connectivity index (χ3n) is 4.18. The molecule has 0 aliphatic carbocycles. The lowest BCUT2D eigenvalue weighted by molar-refractivity contribution is 0.0600. The summed E-state index contributed by atoms with van der Waals surface area (Å²) in [5.74, 6) is 1.20. The Morgan fingerprint density at radius 2 is 1.38 bits per heavy atom. The van der Waals surface area contributed by atoms with Crippen molar-refractivity contribution in [3.8, 4) is 11.5 Å². The Balaban J connectivity index is 1.91. The van der Waals surface area contributed by atoms with Gasteiger partial charge >= 0.3 is 5.97 Å². The van der Waals surface area contributed by atoms with Crippen molar-refractivity contribution in [3.05, 3.63) is 102 Å². The van der Waals surface area contributed by atoms with Gasteiger partial charge in [-0.3, -0.25) is 0 Å². The second kappa shape index (κ2) is 7.70. The van der Waals surface area contributed by atoms with Crippen molar-refractivity contribution in [1.82, 2.24) is 0 Å². The molecular formula is C23H20O3. The van der Waals surface area contributed by atoms with Gasteiger partial charge in [0.15, 0.2) is 0 Å². The van der Waals surface area contributed by atoms with E-state index in [0.717, 1.165) is 33.8 Å². The molecule has 0 atom stereocenters. The maximum Gasteiger partial charge on any atom is 0.337 e. The van der Waals surface area contributed by atoms with E-state index in [1.165, 1.54) is 7.11 Å². The molecule has 0 amide bonds. The summed E-state index contributed by atoms with van der Waals surface area (Å²) in [7, 11) is 1.37. The van der Waals surface area contributed by atoms with Gasteiger partial charge in [-0.2, -0.15) is 0 Å². The van der Waals surface area contributed by atoms with E-state index in [9.17, 15) is 4.79 Å². The summed E-state index contributed by atoms with van der Waals surface area (Å²) in [6.45, 7) is 6.23. The van der Waals surface area contributed by atoms with Crippen LogP contribution in [0.25, 0.3) is 5.57 Å². The van der Waals surface area contributed by atoms with Crippen molar-refractivity contribution in [2.45, 2.75) is 6.92 Å². The van der Waals surface area contributed by atoms with Crippen LogP contribution in [0.2, 0.25) is 0 Å². The largest absolute Gasteiger partial charge is 0.465 e. The molecule has 0 fully saturated rings. The molecule has 0 aromatic heterocycles. The minimum Gasteiger partial charge on any atom is -0.465 e. The standard InChI is InChI=1S/C23H20O3/c1-16-8-4-6-10-21(16)26-22-11-7-5-9-20(22)17(2)18-12-14-19(15-13-18)23(24)25-3/h4-15H,2H2,1,3H3. The van der Waals surface area contributed by atoms with Crippen LogP contribution in [0, 0.1) is 6.92 Å². The minimum absolute atomic E-state index is 0.356. The first-order valence-corrected chi connectivity index (χ1v) is 8.30.